The van der Waals surface area contributed by atoms with Crippen molar-refractivity contribution in [1.82, 2.24) is 15.2 Å². The van der Waals surface area contributed by atoms with Crippen molar-refractivity contribution in [2.75, 3.05) is 4.90 Å². The highest BCUT2D eigenvalue weighted by Gasteiger charge is 2.51. The normalized spacial score (nSPS) is 36.7. The highest BCUT2D eigenvalue weighted by atomic mass is 32.2. The number of hydrogen-bond donors (Lipinski definition) is 2. The van der Waals surface area contributed by atoms with E-state index < -0.39 is 0 Å². The van der Waals surface area contributed by atoms with E-state index in [9.17, 15) is 5.26 Å². The molecule has 1 saturated heterocycles. The summed E-state index contributed by atoms with van der Waals surface area (Å²) >= 11 is 6.57. The summed E-state index contributed by atoms with van der Waals surface area (Å²) in [6.07, 6.45) is 52.2. The largest absolute Gasteiger partial charge is 0.332 e. The van der Waals surface area contributed by atoms with Crippen LogP contribution < -0.4 is 15.5 Å². The lowest BCUT2D eigenvalue weighted by Crippen LogP contribution is -2.53. The van der Waals surface area contributed by atoms with Crippen LogP contribution in [0.4, 0.5) is 5.69 Å². The van der Waals surface area contributed by atoms with Gasteiger partial charge in [0, 0.05) is 66.8 Å². The number of thioether (sulfide) groups is 3. The molecule has 1 saturated carbocycles. The summed E-state index contributed by atoms with van der Waals surface area (Å²) in [5, 5.41) is 23.2. The molecule has 14 unspecified atom stereocenters. The van der Waals surface area contributed by atoms with E-state index in [0.29, 0.717) is 57.3 Å². The Morgan fingerprint density at radius 3 is 2.58 bits per heavy atom. The van der Waals surface area contributed by atoms with Crippen molar-refractivity contribution < 1.29 is 0 Å². The fourth-order valence-corrected chi connectivity index (χ4v) is 21.9. The van der Waals surface area contributed by atoms with Crippen molar-refractivity contribution in [3.8, 4) is 11.8 Å². The fourth-order valence-electron chi connectivity index (χ4n) is 17.1. The molecular formula is C66H69N5S3. The Morgan fingerprint density at radius 1 is 0.703 bits per heavy atom. The summed E-state index contributed by atoms with van der Waals surface area (Å²) in [5.74, 6) is 2.95. The molecule has 3 aromatic rings. The standard InChI is InChI=1S/C66H69N5S3/c67-37-40-35-49(51-30-29-50(68-66(69-51)38-14-2-1-3-15-38)39-26-31-59-48(34-39)43-18-6-11-23-56(43)72-59)55(71-53-22-10-5-17-42(53)45-28-33-61-63(65(45)71)47-20-8-13-25-58(47)74-61)36-54(40)70-52-21-9-4-16-41(52)44-27-32-60-62(64(44)70)46-19-7-12-24-57(46)73-60/h1-2,4,6,8-9,11-13,16,18,20-21,24-25,29-30,35-36,38-39,41,46,48,50-52,56-57,59,61,63,66,68-69H,3,5,7,10,14-15,17,19,22-23,26-28,31-34H2. The van der Waals surface area contributed by atoms with Gasteiger partial charge in [-0.05, 0) is 183 Å². The van der Waals surface area contributed by atoms with Crippen LogP contribution in [0.5, 0.6) is 0 Å². The lowest BCUT2D eigenvalue weighted by Gasteiger charge is -2.39. The van der Waals surface area contributed by atoms with Crippen molar-refractivity contribution >= 4 is 41.0 Å². The van der Waals surface area contributed by atoms with Crippen molar-refractivity contribution in [3.63, 3.8) is 0 Å². The number of aromatic nitrogens is 1. The average Bonchev–Trinajstić information content (AvgIpc) is 4.27. The van der Waals surface area contributed by atoms with Gasteiger partial charge in [-0.15, -0.1) is 35.3 Å². The number of nitrogens with zero attached hydrogens (tertiary/aromatic N) is 3. The number of rotatable bonds is 5. The molecule has 16 rings (SSSR count). The van der Waals surface area contributed by atoms with Crippen LogP contribution in [0.15, 0.2) is 148 Å². The zero-order chi connectivity index (χ0) is 48.6. The summed E-state index contributed by atoms with van der Waals surface area (Å²) in [4.78, 5) is 5.82. The van der Waals surface area contributed by atoms with Crippen molar-refractivity contribution in [2.45, 2.75) is 165 Å². The van der Waals surface area contributed by atoms with E-state index in [0.717, 1.165) is 61.4 Å². The molecule has 8 aliphatic carbocycles. The van der Waals surface area contributed by atoms with Gasteiger partial charge in [-0.2, -0.15) is 5.26 Å². The van der Waals surface area contributed by atoms with Crippen LogP contribution in [0.2, 0.25) is 0 Å². The van der Waals surface area contributed by atoms with Crippen molar-refractivity contribution in [3.05, 3.63) is 182 Å². The molecular weight excluding hydrogens is 959 g/mol. The maximum atomic E-state index is 11.9. The molecule has 0 spiro atoms. The van der Waals surface area contributed by atoms with E-state index in [1.54, 1.807) is 44.1 Å². The van der Waals surface area contributed by atoms with Gasteiger partial charge in [-0.1, -0.05) is 103 Å². The van der Waals surface area contributed by atoms with Crippen LogP contribution in [-0.4, -0.2) is 43.8 Å². The Morgan fingerprint density at radius 2 is 1.64 bits per heavy atom. The molecule has 13 aliphatic rings. The SMILES string of the molecule is N#Cc1cc(C2C=CC(C3CCC4SC5CC=CC=C5C4C3)NC(C3CC=CCC3)N2)c(-n2c3c(c4c2C2c5ccccc5SC2CC4)CCCC3)cc1N1C2=C(CCC3=C2C2CCC=CC2S3)C2C=CC=CC21. The van der Waals surface area contributed by atoms with Crippen LogP contribution in [0.1, 0.15) is 141 Å². The molecule has 376 valence electrons. The molecule has 0 amide bonds. The second kappa shape index (κ2) is 18.4. The van der Waals surface area contributed by atoms with Gasteiger partial charge in [0.05, 0.1) is 35.2 Å². The summed E-state index contributed by atoms with van der Waals surface area (Å²) in [7, 11) is 0. The number of hydrogen-bond acceptors (Lipinski definition) is 7. The minimum absolute atomic E-state index is 0.0703. The number of fused-ring (bicyclic) bond motifs is 15. The molecule has 2 fully saturated rings. The average molecular weight is 1030 g/mol. The summed E-state index contributed by atoms with van der Waals surface area (Å²) in [5.41, 5.74) is 18.8. The Labute approximate surface area is 452 Å². The van der Waals surface area contributed by atoms with Crippen LogP contribution in [-0.2, 0) is 19.3 Å². The quantitative estimate of drug-likeness (QED) is 0.247. The van der Waals surface area contributed by atoms with Crippen LogP contribution in [0.3, 0.4) is 0 Å². The first-order valence-corrected chi connectivity index (χ1v) is 31.8. The Kier molecular flexibility index (Phi) is 11.4. The minimum Gasteiger partial charge on any atom is -0.332 e. The zero-order valence-corrected chi connectivity index (χ0v) is 45.1. The van der Waals surface area contributed by atoms with E-state index in [1.165, 1.54) is 91.6 Å². The fraction of sp³-hybridized carbons (Fsp3) is 0.470. The lowest BCUT2D eigenvalue weighted by atomic mass is 9.73. The predicted molar refractivity (Wildman–Crippen MR) is 308 cm³/mol. The van der Waals surface area contributed by atoms with E-state index in [1.807, 2.05) is 0 Å². The van der Waals surface area contributed by atoms with E-state index in [-0.39, 0.29) is 18.2 Å². The molecule has 0 radical (unpaired) electrons. The molecule has 74 heavy (non-hydrogen) atoms. The first kappa shape index (κ1) is 45.8. The van der Waals surface area contributed by atoms with E-state index in [2.05, 4.69) is 177 Å². The topological polar surface area (TPSA) is 56.0 Å². The number of nitrogens with one attached hydrogen (secondary N) is 2. The molecule has 5 nitrogen and oxygen atoms in total. The first-order valence-electron chi connectivity index (χ1n) is 29.1. The summed E-state index contributed by atoms with van der Waals surface area (Å²) < 4.78 is 2.88. The molecule has 2 aromatic carbocycles. The molecule has 0 bridgehead atoms. The molecule has 1 aromatic heterocycles. The zero-order valence-electron chi connectivity index (χ0n) is 42.6. The third-order valence-corrected chi connectivity index (χ3v) is 25.0. The van der Waals surface area contributed by atoms with Gasteiger partial charge in [-0.25, -0.2) is 0 Å². The Bertz CT molecular complexity index is 3190. The number of allylic oxidation sites excluding steroid dienone is 10. The van der Waals surface area contributed by atoms with Crippen LogP contribution >= 0.6 is 35.3 Å². The van der Waals surface area contributed by atoms with Gasteiger partial charge in [0.1, 0.15) is 6.07 Å². The molecule has 14 atom stereocenters. The minimum atomic E-state index is -0.0703. The maximum Gasteiger partial charge on any atom is 0.101 e. The third kappa shape index (κ3) is 7.17. The Hall–Kier alpha value is -4.36. The van der Waals surface area contributed by atoms with E-state index >= 15 is 0 Å². The number of anilines is 1. The molecule has 5 aliphatic heterocycles. The van der Waals surface area contributed by atoms with Gasteiger partial charge in [0.2, 0.25) is 0 Å². The second-order valence-corrected chi connectivity index (χ2v) is 28.1. The third-order valence-electron chi connectivity index (χ3n) is 20.4. The van der Waals surface area contributed by atoms with Crippen LogP contribution in [0.25, 0.3) is 5.69 Å². The lowest BCUT2D eigenvalue weighted by molar-refractivity contribution is 0.208. The monoisotopic (exact) mass is 1030 g/mol. The van der Waals surface area contributed by atoms with Gasteiger partial charge < -0.3 is 9.47 Å². The van der Waals surface area contributed by atoms with Gasteiger partial charge in [0.15, 0.2) is 0 Å². The number of benzene rings is 2. The van der Waals surface area contributed by atoms with E-state index in [4.69, 9.17) is 0 Å². The summed E-state index contributed by atoms with van der Waals surface area (Å²) in [6.45, 7) is 0. The molecule has 6 heterocycles. The second-order valence-electron chi connectivity index (χ2n) is 24.1. The predicted octanol–water partition coefficient (Wildman–Crippen LogP) is 14.7. The highest BCUT2D eigenvalue weighted by molar-refractivity contribution is 8.04. The maximum absolute atomic E-state index is 11.9. The summed E-state index contributed by atoms with van der Waals surface area (Å²) in [6, 6.07) is 17.7. The van der Waals surface area contributed by atoms with Gasteiger partial charge in [0.25, 0.3) is 0 Å². The van der Waals surface area contributed by atoms with Gasteiger partial charge in [-0.3, -0.25) is 10.6 Å². The number of nitriles is 1. The van der Waals surface area contributed by atoms with Gasteiger partial charge >= 0.3 is 0 Å². The highest BCUT2D eigenvalue weighted by Crippen LogP contribution is 2.61. The first-order chi connectivity index (χ1) is 36.6. The molecule has 8 heteroatoms. The van der Waals surface area contributed by atoms with Crippen molar-refractivity contribution in [2.24, 2.45) is 29.6 Å². The smallest absolute Gasteiger partial charge is 0.101 e. The molecule has 2 N–H and O–H groups in total. The Balaban J connectivity index is 0.894. The van der Waals surface area contributed by atoms with Crippen LogP contribution in [0, 0.1) is 40.9 Å². The van der Waals surface area contributed by atoms with Crippen molar-refractivity contribution in [1.29, 1.82) is 5.26 Å².